The van der Waals surface area contributed by atoms with Crippen LogP contribution in [0.25, 0.3) is 10.8 Å². The summed E-state index contributed by atoms with van der Waals surface area (Å²) in [5.41, 5.74) is 2.66. The van der Waals surface area contributed by atoms with Crippen LogP contribution < -0.4 is 0 Å². The van der Waals surface area contributed by atoms with Crippen molar-refractivity contribution in [2.75, 3.05) is 0 Å². The van der Waals surface area contributed by atoms with E-state index < -0.39 is 0 Å². The van der Waals surface area contributed by atoms with Crippen molar-refractivity contribution in [3.8, 4) is 0 Å². The Morgan fingerprint density at radius 1 is 0.733 bits per heavy atom. The zero-order valence-corrected chi connectivity index (χ0v) is 20.7. The van der Waals surface area contributed by atoms with Crippen molar-refractivity contribution in [3.05, 3.63) is 139 Å². The number of fused-ring (bicyclic) bond motifs is 1. The first-order valence-electron chi connectivity index (χ1n) is 9.36. The van der Waals surface area contributed by atoms with E-state index in [1.165, 1.54) is 49.3 Å². The average molecular weight is 511 g/mol. The second-order valence-electron chi connectivity index (χ2n) is 6.26. The smallest absolute Gasteiger partial charge is 0.0809 e. The molecule has 1 aliphatic carbocycles. The van der Waals surface area contributed by atoms with Crippen molar-refractivity contribution in [3.63, 3.8) is 0 Å². The van der Waals surface area contributed by atoms with Crippen molar-refractivity contribution >= 4 is 38.8 Å². The van der Waals surface area contributed by atoms with Gasteiger partial charge in [-0.1, -0.05) is 6.07 Å². The van der Waals surface area contributed by atoms with Crippen LogP contribution in [0.5, 0.6) is 0 Å². The minimum Gasteiger partial charge on any atom is -0.168 e. The summed E-state index contributed by atoms with van der Waals surface area (Å²) in [4.78, 5) is 0. The van der Waals surface area contributed by atoms with Crippen LogP contribution in [0.1, 0.15) is 17.5 Å². The van der Waals surface area contributed by atoms with E-state index >= 15 is 0 Å². The number of benzene rings is 3. The summed E-state index contributed by atoms with van der Waals surface area (Å²) >= 11 is 1.46. The molecule has 0 nitrogen and oxygen atoms in total. The SMILES string of the molecule is Cl.Cl.[C-]1=CC=CC1.[Zr+2]=[C](c1ccccc1)c1ccccc1.c1ccc2[cH-]ccc2c1. The molecule has 0 atom stereocenters. The fourth-order valence-corrected chi connectivity index (χ4v) is 3.61. The van der Waals surface area contributed by atoms with Gasteiger partial charge in [0.15, 0.2) is 0 Å². The number of rotatable bonds is 2. The second kappa shape index (κ2) is 15.0. The van der Waals surface area contributed by atoms with Crippen LogP contribution >= 0.6 is 24.8 Å². The molecule has 0 aromatic heterocycles. The molecule has 0 bridgehead atoms. The van der Waals surface area contributed by atoms with Crippen molar-refractivity contribution < 1.29 is 24.2 Å². The molecule has 0 heterocycles. The summed E-state index contributed by atoms with van der Waals surface area (Å²) in [6.07, 6.45) is 10.0. The molecule has 0 amide bonds. The fourth-order valence-electron chi connectivity index (χ4n) is 2.79. The number of hydrogen-bond donors (Lipinski definition) is 0. The molecule has 0 unspecified atom stereocenters. The predicted molar refractivity (Wildman–Crippen MR) is 132 cm³/mol. The van der Waals surface area contributed by atoms with Gasteiger partial charge in [0.1, 0.15) is 0 Å². The molecule has 1 aliphatic rings. The Morgan fingerprint density at radius 3 is 1.77 bits per heavy atom. The first kappa shape index (κ1) is 26.1. The summed E-state index contributed by atoms with van der Waals surface area (Å²) in [6.45, 7) is 0. The summed E-state index contributed by atoms with van der Waals surface area (Å²) in [5, 5.41) is 2.66. The van der Waals surface area contributed by atoms with Gasteiger partial charge in [-0.05, 0) is 0 Å². The third-order valence-corrected chi connectivity index (χ3v) is 5.68. The Bertz CT molecular complexity index is 966. The topological polar surface area (TPSA) is 0 Å². The van der Waals surface area contributed by atoms with Gasteiger partial charge in [-0.2, -0.15) is 23.6 Å². The first-order valence-corrected chi connectivity index (χ1v) is 10.6. The molecule has 0 saturated carbocycles. The minimum atomic E-state index is 0. The van der Waals surface area contributed by atoms with Crippen molar-refractivity contribution in [2.45, 2.75) is 6.42 Å². The van der Waals surface area contributed by atoms with E-state index in [2.05, 4.69) is 115 Å². The van der Waals surface area contributed by atoms with Crippen molar-refractivity contribution in [1.82, 2.24) is 0 Å². The molecule has 150 valence electrons. The predicted octanol–water partition coefficient (Wildman–Crippen LogP) is 7.51. The molecular formula is C27H24Cl2Zr. The number of hydrogen-bond acceptors (Lipinski definition) is 0. The van der Waals surface area contributed by atoms with Crippen molar-refractivity contribution in [1.29, 1.82) is 0 Å². The number of halogens is 2. The van der Waals surface area contributed by atoms with Gasteiger partial charge >= 0.3 is 99.2 Å². The van der Waals surface area contributed by atoms with Gasteiger partial charge in [0.25, 0.3) is 0 Å². The molecule has 0 fully saturated rings. The summed E-state index contributed by atoms with van der Waals surface area (Å²) in [7, 11) is 0. The third kappa shape index (κ3) is 8.44. The zero-order valence-electron chi connectivity index (χ0n) is 16.6. The van der Waals surface area contributed by atoms with Gasteiger partial charge in [0.05, 0.1) is 0 Å². The van der Waals surface area contributed by atoms with Gasteiger partial charge in [-0.15, -0.1) is 60.9 Å². The molecule has 30 heavy (non-hydrogen) atoms. The Hall–Kier alpha value is -1.92. The average Bonchev–Trinajstić information content (AvgIpc) is 3.50. The van der Waals surface area contributed by atoms with Gasteiger partial charge < -0.3 is 0 Å². The monoisotopic (exact) mass is 508 g/mol. The summed E-state index contributed by atoms with van der Waals surface area (Å²) in [6, 6.07) is 35.8. The van der Waals surface area contributed by atoms with Gasteiger partial charge in [-0.25, -0.2) is 12.2 Å². The van der Waals surface area contributed by atoms with Crippen molar-refractivity contribution in [2.24, 2.45) is 0 Å². The molecule has 0 N–H and O–H groups in total. The summed E-state index contributed by atoms with van der Waals surface area (Å²) in [5.74, 6) is 0. The maximum Gasteiger partial charge on any atom is -0.0809 e. The molecule has 0 aliphatic heterocycles. The molecule has 0 saturated heterocycles. The minimum absolute atomic E-state index is 0. The summed E-state index contributed by atoms with van der Waals surface area (Å²) < 4.78 is 1.42. The normalized spacial score (nSPS) is 10.6. The van der Waals surface area contributed by atoms with E-state index in [-0.39, 0.29) is 24.8 Å². The third-order valence-electron chi connectivity index (χ3n) is 4.26. The van der Waals surface area contributed by atoms with Crippen LogP contribution in [0.3, 0.4) is 0 Å². The Kier molecular flexibility index (Phi) is 13.0. The zero-order chi connectivity index (χ0) is 19.4. The molecular weight excluding hydrogens is 486 g/mol. The van der Waals surface area contributed by atoms with E-state index in [0.717, 1.165) is 6.42 Å². The van der Waals surface area contributed by atoms with Crippen LogP contribution in [0.15, 0.2) is 121 Å². The van der Waals surface area contributed by atoms with Crippen LogP contribution in [-0.4, -0.2) is 3.21 Å². The maximum absolute atomic E-state index is 2.99. The molecule has 5 rings (SSSR count). The Morgan fingerprint density at radius 2 is 1.30 bits per heavy atom. The maximum atomic E-state index is 2.99. The van der Waals surface area contributed by atoms with Crippen LogP contribution in [0.2, 0.25) is 0 Å². The second-order valence-corrected chi connectivity index (χ2v) is 7.49. The molecule has 0 radical (unpaired) electrons. The Balaban J connectivity index is 0.000000242. The van der Waals surface area contributed by atoms with Gasteiger partial charge in [-0.3, -0.25) is 6.08 Å². The van der Waals surface area contributed by atoms with Gasteiger partial charge in [0, 0.05) is 0 Å². The molecule has 4 aromatic carbocycles. The van der Waals surface area contributed by atoms with Gasteiger partial charge in [0.2, 0.25) is 0 Å². The standard InChI is InChI=1S/C13H10.C9H7.C5H5.2ClH.Zr/c1-3-7-12(8-4-1)11-13-9-5-2-6-10-13;1-2-5-9-7-3-6-8(9)4-1;1-2-4-5-3-1;;;/h1-10H;1-7H;1-3H,4H2;2*1H;/q;2*-1;;;+2. The van der Waals surface area contributed by atoms with E-state index in [1.807, 2.05) is 12.2 Å². The molecule has 3 heteroatoms. The Labute approximate surface area is 206 Å². The molecule has 4 aromatic rings. The van der Waals surface area contributed by atoms with Crippen LogP contribution in [-0.2, 0) is 24.2 Å². The van der Waals surface area contributed by atoms with E-state index in [4.69, 9.17) is 0 Å². The first-order chi connectivity index (χ1) is 13.8. The van der Waals surface area contributed by atoms with Crippen LogP contribution in [0, 0.1) is 6.08 Å². The quantitative estimate of drug-likeness (QED) is 0.245. The largest absolute Gasteiger partial charge is 0.168 e. The number of allylic oxidation sites excluding steroid dienone is 4. The fraction of sp³-hybridized carbons (Fsp3) is 0.0370. The molecule has 0 spiro atoms. The van der Waals surface area contributed by atoms with Crippen LogP contribution in [0.4, 0.5) is 0 Å². The van der Waals surface area contributed by atoms with E-state index in [0.29, 0.717) is 0 Å². The van der Waals surface area contributed by atoms with E-state index in [1.54, 1.807) is 0 Å². The van der Waals surface area contributed by atoms with E-state index in [9.17, 15) is 0 Å².